The summed E-state index contributed by atoms with van der Waals surface area (Å²) in [5.74, 6) is 0.131. The fourth-order valence-electron chi connectivity index (χ4n) is 2.76. The van der Waals surface area contributed by atoms with Crippen LogP contribution in [0.4, 0.5) is 0 Å². The van der Waals surface area contributed by atoms with Crippen LogP contribution < -0.4 is 0 Å². The SMILES string of the molecule is CCC(CC)N(C(=O)c1ccn2ncnc2c1)C1CC1. The molecule has 5 nitrogen and oxygen atoms in total. The molecule has 1 aliphatic rings. The van der Waals surface area contributed by atoms with Crippen molar-refractivity contribution in [1.29, 1.82) is 0 Å². The van der Waals surface area contributed by atoms with E-state index in [1.54, 1.807) is 10.7 Å². The minimum Gasteiger partial charge on any atom is -0.333 e. The second kappa shape index (κ2) is 5.23. The van der Waals surface area contributed by atoms with Crippen LogP contribution >= 0.6 is 0 Å². The van der Waals surface area contributed by atoms with Gasteiger partial charge in [-0.2, -0.15) is 5.10 Å². The van der Waals surface area contributed by atoms with Crippen LogP contribution in [0.1, 0.15) is 49.9 Å². The van der Waals surface area contributed by atoms with Crippen molar-refractivity contribution in [1.82, 2.24) is 19.5 Å². The maximum Gasteiger partial charge on any atom is 0.254 e. The Hall–Kier alpha value is -1.91. The van der Waals surface area contributed by atoms with Gasteiger partial charge in [0.15, 0.2) is 5.65 Å². The van der Waals surface area contributed by atoms with Crippen LogP contribution in [0, 0.1) is 0 Å². The van der Waals surface area contributed by atoms with Crippen LogP contribution in [0.2, 0.25) is 0 Å². The highest BCUT2D eigenvalue weighted by molar-refractivity contribution is 5.95. The van der Waals surface area contributed by atoms with Gasteiger partial charge < -0.3 is 4.90 Å². The van der Waals surface area contributed by atoms with E-state index >= 15 is 0 Å². The molecule has 1 aliphatic carbocycles. The van der Waals surface area contributed by atoms with Gasteiger partial charge in [-0.05, 0) is 37.8 Å². The predicted molar refractivity (Wildman–Crippen MR) is 76.5 cm³/mol. The van der Waals surface area contributed by atoms with Crippen molar-refractivity contribution in [2.45, 2.75) is 51.6 Å². The summed E-state index contributed by atoms with van der Waals surface area (Å²) >= 11 is 0. The van der Waals surface area contributed by atoms with Gasteiger partial charge in [0.25, 0.3) is 5.91 Å². The summed E-state index contributed by atoms with van der Waals surface area (Å²) in [4.78, 5) is 19.1. The Morgan fingerprint density at radius 3 is 2.85 bits per heavy atom. The minimum absolute atomic E-state index is 0.131. The molecule has 0 unspecified atom stereocenters. The number of hydrogen-bond donors (Lipinski definition) is 0. The van der Waals surface area contributed by atoms with Gasteiger partial charge in [-0.1, -0.05) is 13.8 Å². The highest BCUT2D eigenvalue weighted by Gasteiger charge is 2.36. The summed E-state index contributed by atoms with van der Waals surface area (Å²) in [6.45, 7) is 4.30. The van der Waals surface area contributed by atoms with Gasteiger partial charge in [0.2, 0.25) is 0 Å². The van der Waals surface area contributed by atoms with Crippen LogP contribution in [-0.4, -0.2) is 37.5 Å². The summed E-state index contributed by atoms with van der Waals surface area (Å²) in [7, 11) is 0. The fourth-order valence-corrected chi connectivity index (χ4v) is 2.76. The zero-order chi connectivity index (χ0) is 14.1. The molecule has 0 bridgehead atoms. The van der Waals surface area contributed by atoms with E-state index < -0.39 is 0 Å². The first-order chi connectivity index (χ1) is 9.74. The monoisotopic (exact) mass is 272 g/mol. The van der Waals surface area contributed by atoms with Crippen molar-refractivity contribution in [3.8, 4) is 0 Å². The number of amides is 1. The van der Waals surface area contributed by atoms with Crippen molar-refractivity contribution < 1.29 is 4.79 Å². The molecule has 1 amide bonds. The van der Waals surface area contributed by atoms with Crippen molar-refractivity contribution in [3.05, 3.63) is 30.2 Å². The lowest BCUT2D eigenvalue weighted by molar-refractivity contribution is 0.0649. The Labute approximate surface area is 118 Å². The molecule has 2 heterocycles. The average Bonchev–Trinajstić information content (AvgIpc) is 3.19. The summed E-state index contributed by atoms with van der Waals surface area (Å²) in [6.07, 6.45) is 7.58. The summed E-state index contributed by atoms with van der Waals surface area (Å²) in [5.41, 5.74) is 1.43. The zero-order valence-electron chi connectivity index (χ0n) is 12.0. The van der Waals surface area contributed by atoms with Gasteiger partial charge in [0.1, 0.15) is 6.33 Å². The standard InChI is InChI=1S/C15H20N4O/c1-3-12(4-2)19(13-5-6-13)15(20)11-7-8-18-14(9-11)16-10-17-18/h7-10,12-13H,3-6H2,1-2H3. The first-order valence-electron chi connectivity index (χ1n) is 7.36. The molecule has 0 spiro atoms. The molecular formula is C15H20N4O. The first kappa shape index (κ1) is 13.1. The van der Waals surface area contributed by atoms with Crippen molar-refractivity contribution in [2.75, 3.05) is 0 Å². The highest BCUT2D eigenvalue weighted by Crippen LogP contribution is 2.32. The normalized spacial score (nSPS) is 14.9. The molecule has 1 fully saturated rings. The lowest BCUT2D eigenvalue weighted by atomic mass is 10.1. The van der Waals surface area contributed by atoms with Gasteiger partial charge in [0.05, 0.1) is 0 Å². The van der Waals surface area contributed by atoms with E-state index in [0.29, 0.717) is 17.6 Å². The van der Waals surface area contributed by atoms with Crippen LogP contribution in [0.5, 0.6) is 0 Å². The lowest BCUT2D eigenvalue weighted by Crippen LogP contribution is -2.41. The molecule has 3 rings (SSSR count). The second-order valence-corrected chi connectivity index (χ2v) is 5.39. The van der Waals surface area contributed by atoms with E-state index in [1.165, 1.54) is 6.33 Å². The third kappa shape index (κ3) is 2.28. The third-order valence-electron chi connectivity index (χ3n) is 4.04. The summed E-state index contributed by atoms with van der Waals surface area (Å²) in [5, 5.41) is 4.06. The topological polar surface area (TPSA) is 50.5 Å². The largest absolute Gasteiger partial charge is 0.333 e. The summed E-state index contributed by atoms with van der Waals surface area (Å²) in [6, 6.07) is 4.43. The number of hydrogen-bond acceptors (Lipinski definition) is 3. The fraction of sp³-hybridized carbons (Fsp3) is 0.533. The second-order valence-electron chi connectivity index (χ2n) is 5.39. The van der Waals surface area contributed by atoms with Gasteiger partial charge in [0, 0.05) is 23.8 Å². The van der Waals surface area contributed by atoms with E-state index in [4.69, 9.17) is 0 Å². The number of carbonyl (C=O) groups excluding carboxylic acids is 1. The molecular weight excluding hydrogens is 252 g/mol. The molecule has 2 aromatic heterocycles. The third-order valence-corrected chi connectivity index (χ3v) is 4.04. The van der Waals surface area contributed by atoms with Gasteiger partial charge >= 0.3 is 0 Å². The Bertz CT molecular complexity index is 613. The van der Waals surface area contributed by atoms with E-state index in [1.807, 2.05) is 12.1 Å². The quantitative estimate of drug-likeness (QED) is 0.840. The maximum atomic E-state index is 12.8. The van der Waals surface area contributed by atoms with E-state index in [9.17, 15) is 4.79 Å². The minimum atomic E-state index is 0.131. The van der Waals surface area contributed by atoms with Crippen LogP contribution in [0.3, 0.4) is 0 Å². The summed E-state index contributed by atoms with van der Waals surface area (Å²) < 4.78 is 1.68. The molecule has 106 valence electrons. The molecule has 0 aliphatic heterocycles. The number of carbonyl (C=O) groups is 1. The highest BCUT2D eigenvalue weighted by atomic mass is 16.2. The van der Waals surface area contributed by atoms with Crippen LogP contribution in [-0.2, 0) is 0 Å². The number of fused-ring (bicyclic) bond motifs is 1. The van der Waals surface area contributed by atoms with Gasteiger partial charge in [-0.3, -0.25) is 4.79 Å². The molecule has 0 aromatic carbocycles. The van der Waals surface area contributed by atoms with E-state index in [2.05, 4.69) is 28.8 Å². The number of rotatable bonds is 5. The Morgan fingerprint density at radius 2 is 2.20 bits per heavy atom. The first-order valence-corrected chi connectivity index (χ1v) is 7.36. The number of aromatic nitrogens is 3. The van der Waals surface area contributed by atoms with E-state index in [0.717, 1.165) is 31.3 Å². The Balaban J connectivity index is 1.91. The van der Waals surface area contributed by atoms with Crippen molar-refractivity contribution in [3.63, 3.8) is 0 Å². The van der Waals surface area contributed by atoms with Crippen LogP contribution in [0.25, 0.3) is 5.65 Å². The molecule has 0 atom stereocenters. The van der Waals surface area contributed by atoms with Crippen LogP contribution in [0.15, 0.2) is 24.7 Å². The Morgan fingerprint density at radius 1 is 1.45 bits per heavy atom. The molecule has 20 heavy (non-hydrogen) atoms. The van der Waals surface area contributed by atoms with Crippen molar-refractivity contribution >= 4 is 11.6 Å². The molecule has 0 N–H and O–H groups in total. The number of nitrogens with zero attached hydrogens (tertiary/aromatic N) is 4. The van der Waals surface area contributed by atoms with Gasteiger partial charge in [-0.25, -0.2) is 9.50 Å². The zero-order valence-corrected chi connectivity index (χ0v) is 12.0. The lowest BCUT2D eigenvalue weighted by Gasteiger charge is -2.30. The van der Waals surface area contributed by atoms with E-state index in [-0.39, 0.29) is 5.91 Å². The molecule has 0 radical (unpaired) electrons. The predicted octanol–water partition coefficient (Wildman–Crippen LogP) is 2.52. The maximum absolute atomic E-state index is 12.8. The van der Waals surface area contributed by atoms with Gasteiger partial charge in [-0.15, -0.1) is 0 Å². The number of pyridine rings is 1. The molecule has 2 aromatic rings. The average molecular weight is 272 g/mol. The molecule has 5 heteroatoms. The molecule has 0 saturated heterocycles. The van der Waals surface area contributed by atoms with Crippen molar-refractivity contribution in [2.24, 2.45) is 0 Å². The Kier molecular flexibility index (Phi) is 3.42. The smallest absolute Gasteiger partial charge is 0.254 e. The molecule has 1 saturated carbocycles.